The van der Waals surface area contributed by atoms with Gasteiger partial charge in [0.05, 0.1) is 6.04 Å². The van der Waals surface area contributed by atoms with E-state index in [9.17, 15) is 4.79 Å². The monoisotopic (exact) mass is 212 g/mol. The van der Waals surface area contributed by atoms with Crippen molar-refractivity contribution in [2.45, 2.75) is 38.6 Å². The minimum Gasteiger partial charge on any atom is -0.370 e. The van der Waals surface area contributed by atoms with Crippen molar-refractivity contribution >= 4 is 11.9 Å². The molecule has 0 radical (unpaired) electrons. The first kappa shape index (κ1) is 11.8. The minimum atomic E-state index is 0.0292. The largest absolute Gasteiger partial charge is 0.370 e. The standard InChI is InChI=1S/C10H20N4O/c1-8(13-10(11)12)4-5-9(15)14-6-2-3-7-14/h8H,2-7H2,1H3,(H4,11,12,13). The molecular formula is C10H20N4O. The van der Waals surface area contributed by atoms with Crippen molar-refractivity contribution in [3.8, 4) is 0 Å². The predicted molar refractivity (Wildman–Crippen MR) is 60.3 cm³/mol. The lowest BCUT2D eigenvalue weighted by molar-refractivity contribution is -0.130. The van der Waals surface area contributed by atoms with E-state index >= 15 is 0 Å². The zero-order valence-electron chi connectivity index (χ0n) is 9.28. The zero-order chi connectivity index (χ0) is 11.3. The van der Waals surface area contributed by atoms with Crippen LogP contribution in [-0.4, -0.2) is 35.9 Å². The molecule has 5 nitrogen and oxygen atoms in total. The van der Waals surface area contributed by atoms with Crippen LogP contribution >= 0.6 is 0 Å². The van der Waals surface area contributed by atoms with Gasteiger partial charge in [-0.25, -0.2) is 0 Å². The lowest BCUT2D eigenvalue weighted by Crippen LogP contribution is -2.28. The second-order valence-electron chi connectivity index (χ2n) is 4.03. The first-order valence-corrected chi connectivity index (χ1v) is 5.46. The van der Waals surface area contributed by atoms with Crippen molar-refractivity contribution in [1.82, 2.24) is 4.90 Å². The molecule has 0 saturated carbocycles. The maximum atomic E-state index is 11.7. The number of likely N-dealkylation sites (tertiary alicyclic amines) is 1. The Morgan fingerprint density at radius 1 is 1.40 bits per heavy atom. The number of nitrogens with zero attached hydrogens (tertiary/aromatic N) is 2. The van der Waals surface area contributed by atoms with Crippen molar-refractivity contribution in [2.75, 3.05) is 13.1 Å². The molecule has 1 amide bonds. The molecule has 0 aromatic carbocycles. The molecule has 0 aromatic rings. The van der Waals surface area contributed by atoms with Gasteiger partial charge in [-0.3, -0.25) is 9.79 Å². The second kappa shape index (κ2) is 5.58. The summed E-state index contributed by atoms with van der Waals surface area (Å²) >= 11 is 0. The molecule has 1 aliphatic rings. The van der Waals surface area contributed by atoms with Crippen molar-refractivity contribution < 1.29 is 4.79 Å². The van der Waals surface area contributed by atoms with Gasteiger partial charge in [-0.1, -0.05) is 0 Å². The van der Waals surface area contributed by atoms with E-state index in [1.807, 2.05) is 11.8 Å². The third-order valence-corrected chi connectivity index (χ3v) is 2.60. The topological polar surface area (TPSA) is 84.7 Å². The smallest absolute Gasteiger partial charge is 0.222 e. The second-order valence-corrected chi connectivity index (χ2v) is 4.03. The first-order valence-electron chi connectivity index (χ1n) is 5.46. The van der Waals surface area contributed by atoms with Crippen molar-refractivity contribution in [2.24, 2.45) is 16.5 Å². The van der Waals surface area contributed by atoms with Crippen LogP contribution in [0.1, 0.15) is 32.6 Å². The van der Waals surface area contributed by atoms with Gasteiger partial charge in [-0.15, -0.1) is 0 Å². The third kappa shape index (κ3) is 4.18. The summed E-state index contributed by atoms with van der Waals surface area (Å²) in [6, 6.07) is 0.0292. The number of aliphatic imine (C=N–C) groups is 1. The summed E-state index contributed by atoms with van der Waals surface area (Å²) in [5.41, 5.74) is 10.5. The summed E-state index contributed by atoms with van der Waals surface area (Å²) in [6.07, 6.45) is 3.52. The fourth-order valence-corrected chi connectivity index (χ4v) is 1.78. The molecule has 1 aliphatic heterocycles. The van der Waals surface area contributed by atoms with Gasteiger partial charge in [0, 0.05) is 19.5 Å². The summed E-state index contributed by atoms with van der Waals surface area (Å²) in [6.45, 7) is 3.74. The fourth-order valence-electron chi connectivity index (χ4n) is 1.78. The summed E-state index contributed by atoms with van der Waals surface area (Å²) < 4.78 is 0. The van der Waals surface area contributed by atoms with Gasteiger partial charge in [0.25, 0.3) is 0 Å². The molecule has 0 aromatic heterocycles. The molecule has 4 N–H and O–H groups in total. The van der Waals surface area contributed by atoms with Gasteiger partial charge in [-0.2, -0.15) is 0 Å². The molecule has 0 bridgehead atoms. The lowest BCUT2D eigenvalue weighted by Gasteiger charge is -2.15. The molecule has 1 atom stereocenters. The molecule has 1 saturated heterocycles. The molecule has 86 valence electrons. The Hall–Kier alpha value is -1.26. The number of nitrogens with two attached hydrogens (primary N) is 2. The van der Waals surface area contributed by atoms with Gasteiger partial charge in [0.1, 0.15) is 0 Å². The first-order chi connectivity index (χ1) is 7.09. The number of amides is 1. The van der Waals surface area contributed by atoms with E-state index in [0.717, 1.165) is 25.9 Å². The molecule has 1 unspecified atom stereocenters. The van der Waals surface area contributed by atoms with Crippen molar-refractivity contribution in [3.63, 3.8) is 0 Å². The lowest BCUT2D eigenvalue weighted by atomic mass is 10.2. The van der Waals surface area contributed by atoms with Gasteiger partial charge in [0.2, 0.25) is 5.91 Å². The molecule has 1 rings (SSSR count). The van der Waals surface area contributed by atoms with Crippen LogP contribution in [-0.2, 0) is 4.79 Å². The van der Waals surface area contributed by atoms with E-state index in [0.29, 0.717) is 12.8 Å². The maximum Gasteiger partial charge on any atom is 0.222 e. The van der Waals surface area contributed by atoms with E-state index in [2.05, 4.69) is 4.99 Å². The highest BCUT2D eigenvalue weighted by atomic mass is 16.2. The quantitative estimate of drug-likeness (QED) is 0.510. The van der Waals surface area contributed by atoms with Crippen LogP contribution in [0.15, 0.2) is 4.99 Å². The molecular weight excluding hydrogens is 192 g/mol. The fraction of sp³-hybridized carbons (Fsp3) is 0.800. The summed E-state index contributed by atoms with van der Waals surface area (Å²) in [4.78, 5) is 17.5. The predicted octanol–water partition coefficient (Wildman–Crippen LogP) is 0.0509. The number of carbonyl (C=O) groups excluding carboxylic acids is 1. The van der Waals surface area contributed by atoms with Crippen molar-refractivity contribution in [1.29, 1.82) is 0 Å². The van der Waals surface area contributed by atoms with Gasteiger partial charge in [-0.05, 0) is 26.2 Å². The Morgan fingerprint density at radius 3 is 2.53 bits per heavy atom. The number of guanidine groups is 1. The SMILES string of the molecule is CC(CCC(=O)N1CCCC1)N=C(N)N. The van der Waals surface area contributed by atoms with Crippen LogP contribution < -0.4 is 11.5 Å². The van der Waals surface area contributed by atoms with Gasteiger partial charge < -0.3 is 16.4 Å². The average Bonchev–Trinajstić information content (AvgIpc) is 2.65. The van der Waals surface area contributed by atoms with Crippen molar-refractivity contribution in [3.05, 3.63) is 0 Å². The van der Waals surface area contributed by atoms with Gasteiger partial charge in [0.15, 0.2) is 5.96 Å². The highest BCUT2D eigenvalue weighted by Crippen LogP contribution is 2.11. The number of rotatable bonds is 4. The van der Waals surface area contributed by atoms with Crippen LogP contribution in [0.5, 0.6) is 0 Å². The highest BCUT2D eigenvalue weighted by molar-refractivity contribution is 5.77. The molecule has 1 fully saturated rings. The zero-order valence-corrected chi connectivity index (χ0v) is 9.28. The summed E-state index contributed by atoms with van der Waals surface area (Å²) in [7, 11) is 0. The van der Waals surface area contributed by atoms with Gasteiger partial charge >= 0.3 is 0 Å². The summed E-state index contributed by atoms with van der Waals surface area (Å²) in [5.74, 6) is 0.321. The molecule has 1 heterocycles. The Kier molecular flexibility index (Phi) is 4.39. The van der Waals surface area contributed by atoms with E-state index in [-0.39, 0.29) is 17.9 Å². The summed E-state index contributed by atoms with van der Waals surface area (Å²) in [5, 5.41) is 0. The Bertz CT molecular complexity index is 242. The molecule has 5 heteroatoms. The molecule has 15 heavy (non-hydrogen) atoms. The molecule has 0 aliphatic carbocycles. The Morgan fingerprint density at radius 2 is 2.00 bits per heavy atom. The van der Waals surface area contributed by atoms with E-state index < -0.39 is 0 Å². The highest BCUT2D eigenvalue weighted by Gasteiger charge is 2.17. The maximum absolute atomic E-state index is 11.7. The number of hydrogen-bond donors (Lipinski definition) is 2. The normalized spacial score (nSPS) is 17.5. The van der Waals surface area contributed by atoms with Crippen LogP contribution in [0, 0.1) is 0 Å². The van der Waals surface area contributed by atoms with Crippen LogP contribution in [0.2, 0.25) is 0 Å². The third-order valence-electron chi connectivity index (χ3n) is 2.60. The van der Waals surface area contributed by atoms with Crippen LogP contribution in [0.3, 0.4) is 0 Å². The van der Waals surface area contributed by atoms with E-state index in [4.69, 9.17) is 11.5 Å². The number of hydrogen-bond acceptors (Lipinski definition) is 2. The van der Waals surface area contributed by atoms with E-state index in [1.165, 1.54) is 0 Å². The Labute approximate surface area is 90.5 Å². The average molecular weight is 212 g/mol. The Balaban J connectivity index is 2.24. The minimum absolute atomic E-state index is 0.0292. The molecule has 0 spiro atoms. The number of carbonyl (C=O) groups is 1. The van der Waals surface area contributed by atoms with E-state index in [1.54, 1.807) is 0 Å². The van der Waals surface area contributed by atoms with Crippen LogP contribution in [0.4, 0.5) is 0 Å². The van der Waals surface area contributed by atoms with Crippen LogP contribution in [0.25, 0.3) is 0 Å².